The number of benzene rings is 1. The van der Waals surface area contributed by atoms with E-state index in [1.54, 1.807) is 18.0 Å². The van der Waals surface area contributed by atoms with E-state index < -0.39 is 5.69 Å². The Bertz CT molecular complexity index is 1140. The van der Waals surface area contributed by atoms with E-state index in [1.807, 2.05) is 31.2 Å². The highest BCUT2D eigenvalue weighted by atomic mass is 32.1. The van der Waals surface area contributed by atoms with Gasteiger partial charge in [0.05, 0.1) is 10.3 Å². The van der Waals surface area contributed by atoms with Crippen LogP contribution in [0.2, 0.25) is 0 Å². The Morgan fingerprint density at radius 1 is 1.16 bits per heavy atom. The minimum absolute atomic E-state index is 0.0572. The molecule has 25 heavy (non-hydrogen) atoms. The molecule has 0 fully saturated rings. The molecule has 0 spiro atoms. The number of aryl methyl sites for hydroxylation is 1. The Morgan fingerprint density at radius 3 is 2.64 bits per heavy atom. The zero-order valence-corrected chi connectivity index (χ0v) is 15.0. The summed E-state index contributed by atoms with van der Waals surface area (Å²) in [5, 5.41) is 0.401. The van der Waals surface area contributed by atoms with Gasteiger partial charge in [0, 0.05) is 25.8 Å². The lowest BCUT2D eigenvalue weighted by Gasteiger charge is -2.21. The molecule has 0 aliphatic carbocycles. The van der Waals surface area contributed by atoms with Crippen LogP contribution in [0.15, 0.2) is 39.9 Å². The minimum Gasteiger partial charge on any atom is -0.304 e. The molecule has 1 amide bonds. The number of para-hydroxylation sites is 1. The Balaban J connectivity index is 1.87. The largest absolute Gasteiger partial charge is 0.331 e. The number of thiophene rings is 1. The van der Waals surface area contributed by atoms with Gasteiger partial charge in [0.1, 0.15) is 4.83 Å². The maximum absolute atomic E-state index is 13.1. The fourth-order valence-electron chi connectivity index (χ4n) is 3.46. The second-order valence-corrected chi connectivity index (χ2v) is 7.42. The molecule has 128 valence electrons. The molecule has 0 saturated heterocycles. The van der Waals surface area contributed by atoms with E-state index in [4.69, 9.17) is 0 Å². The molecule has 4 rings (SSSR count). The first kappa shape index (κ1) is 15.8. The summed E-state index contributed by atoms with van der Waals surface area (Å²) in [6, 6.07) is 9.53. The van der Waals surface area contributed by atoms with Gasteiger partial charge in [-0.1, -0.05) is 18.2 Å². The number of aromatic nitrogens is 2. The average Bonchev–Trinajstić information content (AvgIpc) is 3.18. The van der Waals surface area contributed by atoms with Crippen molar-refractivity contribution in [2.24, 2.45) is 14.1 Å². The number of carbonyl (C=O) groups excluding carboxylic acids is 1. The van der Waals surface area contributed by atoms with Gasteiger partial charge < -0.3 is 4.90 Å². The van der Waals surface area contributed by atoms with Crippen molar-refractivity contribution in [2.45, 2.75) is 19.4 Å². The summed E-state index contributed by atoms with van der Waals surface area (Å²) >= 11 is 1.19. The molecule has 0 N–H and O–H groups in total. The first-order valence-electron chi connectivity index (χ1n) is 8.01. The molecule has 7 heteroatoms. The standard InChI is InChI=1S/C18H17N3O3S/c1-10-8-11-6-4-5-7-13(11)21(10)16(23)14-9-12-15(22)19(2)18(24)20(3)17(12)25-14/h4-7,9-10H,8H2,1-3H3/t10-/m0/s1. The summed E-state index contributed by atoms with van der Waals surface area (Å²) in [7, 11) is 3.06. The first-order valence-corrected chi connectivity index (χ1v) is 8.83. The number of hydrogen-bond donors (Lipinski definition) is 0. The van der Waals surface area contributed by atoms with E-state index in [2.05, 4.69) is 0 Å². The monoisotopic (exact) mass is 355 g/mol. The second-order valence-electron chi connectivity index (χ2n) is 6.39. The molecule has 1 aromatic carbocycles. The fraction of sp³-hybridized carbons (Fsp3) is 0.278. The normalized spacial score (nSPS) is 16.4. The summed E-state index contributed by atoms with van der Waals surface area (Å²) in [5.41, 5.74) is 1.30. The molecular formula is C18H17N3O3S. The third-order valence-corrected chi connectivity index (χ3v) is 5.96. The Morgan fingerprint density at radius 2 is 1.88 bits per heavy atom. The van der Waals surface area contributed by atoms with E-state index in [0.717, 1.165) is 22.2 Å². The number of amides is 1. The SMILES string of the molecule is C[C@H]1Cc2ccccc2N1C(=O)c1cc2c(=O)n(C)c(=O)n(C)c2s1. The number of anilines is 1. The van der Waals surface area contributed by atoms with Crippen molar-refractivity contribution in [3.05, 3.63) is 61.6 Å². The third-order valence-electron chi connectivity index (χ3n) is 4.76. The molecule has 3 heterocycles. The van der Waals surface area contributed by atoms with Gasteiger partial charge in [-0.15, -0.1) is 11.3 Å². The number of hydrogen-bond acceptors (Lipinski definition) is 4. The molecule has 3 aromatic rings. The van der Waals surface area contributed by atoms with Gasteiger partial charge in [-0.3, -0.25) is 18.7 Å². The van der Waals surface area contributed by atoms with Gasteiger partial charge in [0.15, 0.2) is 0 Å². The van der Waals surface area contributed by atoms with Crippen molar-refractivity contribution >= 4 is 33.1 Å². The van der Waals surface area contributed by atoms with Crippen molar-refractivity contribution in [3.63, 3.8) is 0 Å². The van der Waals surface area contributed by atoms with E-state index >= 15 is 0 Å². The number of nitrogens with zero attached hydrogens (tertiary/aromatic N) is 3. The van der Waals surface area contributed by atoms with Crippen molar-refractivity contribution in [2.75, 3.05) is 4.90 Å². The summed E-state index contributed by atoms with van der Waals surface area (Å²) in [6.45, 7) is 2.01. The van der Waals surface area contributed by atoms with E-state index in [9.17, 15) is 14.4 Å². The predicted octanol–water partition coefficient (Wildman–Crippen LogP) is 1.89. The van der Waals surface area contributed by atoms with Gasteiger partial charge in [0.25, 0.3) is 11.5 Å². The van der Waals surface area contributed by atoms with Crippen molar-refractivity contribution in [1.29, 1.82) is 0 Å². The smallest absolute Gasteiger partial charge is 0.304 e. The van der Waals surface area contributed by atoms with Crippen LogP contribution in [0.5, 0.6) is 0 Å². The molecule has 2 aromatic heterocycles. The lowest BCUT2D eigenvalue weighted by molar-refractivity contribution is 0.0985. The Hall–Kier alpha value is -2.67. The van der Waals surface area contributed by atoms with E-state index in [0.29, 0.717) is 15.1 Å². The van der Waals surface area contributed by atoms with Crippen LogP contribution in [-0.2, 0) is 20.5 Å². The second kappa shape index (κ2) is 5.42. The molecular weight excluding hydrogens is 338 g/mol. The summed E-state index contributed by atoms with van der Waals surface area (Å²) < 4.78 is 2.48. The van der Waals surface area contributed by atoms with Gasteiger partial charge in [0.2, 0.25) is 0 Å². The average molecular weight is 355 g/mol. The number of carbonyl (C=O) groups is 1. The van der Waals surface area contributed by atoms with Crippen molar-refractivity contribution < 1.29 is 4.79 Å². The maximum Gasteiger partial charge on any atom is 0.331 e. The molecule has 0 saturated carbocycles. The highest BCUT2D eigenvalue weighted by molar-refractivity contribution is 7.20. The highest BCUT2D eigenvalue weighted by Crippen LogP contribution is 2.34. The zero-order valence-electron chi connectivity index (χ0n) is 14.1. The first-order chi connectivity index (χ1) is 11.9. The molecule has 0 radical (unpaired) electrons. The van der Waals surface area contributed by atoms with Gasteiger partial charge in [-0.05, 0) is 31.0 Å². The van der Waals surface area contributed by atoms with Crippen LogP contribution in [0.1, 0.15) is 22.2 Å². The van der Waals surface area contributed by atoms with Crippen LogP contribution in [-0.4, -0.2) is 21.1 Å². The van der Waals surface area contributed by atoms with E-state index in [1.165, 1.54) is 23.0 Å². The molecule has 1 atom stereocenters. The Labute approximate surface area is 147 Å². The topological polar surface area (TPSA) is 64.3 Å². The van der Waals surface area contributed by atoms with Crippen LogP contribution in [0, 0.1) is 0 Å². The van der Waals surface area contributed by atoms with Gasteiger partial charge >= 0.3 is 5.69 Å². The molecule has 6 nitrogen and oxygen atoms in total. The molecule has 0 bridgehead atoms. The van der Waals surface area contributed by atoms with Gasteiger partial charge in [-0.2, -0.15) is 0 Å². The number of fused-ring (bicyclic) bond motifs is 2. The van der Waals surface area contributed by atoms with Crippen LogP contribution >= 0.6 is 11.3 Å². The third kappa shape index (κ3) is 2.19. The quantitative estimate of drug-likeness (QED) is 0.670. The molecule has 1 aliphatic rings. The summed E-state index contributed by atoms with van der Waals surface area (Å²) in [4.78, 5) is 40.3. The predicted molar refractivity (Wildman–Crippen MR) is 98.7 cm³/mol. The summed E-state index contributed by atoms with van der Waals surface area (Å²) in [6.07, 6.45) is 0.813. The summed E-state index contributed by atoms with van der Waals surface area (Å²) in [5.74, 6) is -0.131. The maximum atomic E-state index is 13.1. The zero-order chi connectivity index (χ0) is 17.9. The Kier molecular flexibility index (Phi) is 3.43. The van der Waals surface area contributed by atoms with Crippen LogP contribution in [0.3, 0.4) is 0 Å². The highest BCUT2D eigenvalue weighted by Gasteiger charge is 2.32. The van der Waals surface area contributed by atoms with Crippen LogP contribution < -0.4 is 16.1 Å². The van der Waals surface area contributed by atoms with Crippen molar-refractivity contribution in [3.8, 4) is 0 Å². The van der Waals surface area contributed by atoms with E-state index in [-0.39, 0.29) is 17.5 Å². The lowest BCUT2D eigenvalue weighted by Crippen LogP contribution is -2.36. The molecule has 0 unspecified atom stereocenters. The number of rotatable bonds is 1. The minimum atomic E-state index is -0.391. The fourth-order valence-corrected chi connectivity index (χ4v) is 4.50. The lowest BCUT2D eigenvalue weighted by atomic mass is 10.1. The van der Waals surface area contributed by atoms with Gasteiger partial charge in [-0.25, -0.2) is 4.79 Å². The molecule has 1 aliphatic heterocycles. The van der Waals surface area contributed by atoms with Crippen LogP contribution in [0.4, 0.5) is 5.69 Å². The van der Waals surface area contributed by atoms with Crippen molar-refractivity contribution in [1.82, 2.24) is 9.13 Å². The van der Waals surface area contributed by atoms with Crippen LogP contribution in [0.25, 0.3) is 10.2 Å².